The molecular formula is C14H14F6N4O3. The molecule has 0 spiro atoms. The van der Waals surface area contributed by atoms with Crippen molar-refractivity contribution in [2.45, 2.75) is 31.8 Å². The van der Waals surface area contributed by atoms with E-state index in [2.05, 4.69) is 20.7 Å². The molecule has 0 bridgehead atoms. The normalized spacial score (nSPS) is 17.4. The molecule has 1 aliphatic heterocycles. The molecule has 1 atom stereocenters. The van der Waals surface area contributed by atoms with E-state index in [-0.39, 0.29) is 4.90 Å². The minimum absolute atomic E-state index is 0.0356. The van der Waals surface area contributed by atoms with Gasteiger partial charge in [-0.05, 0) is 24.6 Å². The van der Waals surface area contributed by atoms with Crippen molar-refractivity contribution in [3.63, 3.8) is 0 Å². The number of hydrogen-bond acceptors (Lipinski definition) is 4. The first-order valence-corrected chi connectivity index (χ1v) is 7.41. The van der Waals surface area contributed by atoms with Crippen LogP contribution in [-0.2, 0) is 0 Å². The summed E-state index contributed by atoms with van der Waals surface area (Å²) in [5, 5.41) is 6.98. The summed E-state index contributed by atoms with van der Waals surface area (Å²) in [6, 6.07) is 1.73. The van der Waals surface area contributed by atoms with E-state index >= 15 is 0 Å². The van der Waals surface area contributed by atoms with E-state index in [0.29, 0.717) is 5.56 Å². The van der Waals surface area contributed by atoms with Crippen molar-refractivity contribution in [3.05, 3.63) is 29.8 Å². The number of rotatable bonds is 5. The van der Waals surface area contributed by atoms with Crippen molar-refractivity contribution >= 4 is 12.1 Å². The highest BCUT2D eigenvalue weighted by Gasteiger charge is 2.40. The van der Waals surface area contributed by atoms with Gasteiger partial charge in [-0.15, -0.1) is 13.2 Å². The molecule has 0 aliphatic carbocycles. The maximum absolute atomic E-state index is 12.4. The number of imide groups is 1. The van der Waals surface area contributed by atoms with E-state index in [1.807, 2.05) is 0 Å². The Hall–Kier alpha value is -2.70. The zero-order valence-corrected chi connectivity index (χ0v) is 13.6. The number of alkyl halides is 6. The third kappa shape index (κ3) is 6.20. The van der Waals surface area contributed by atoms with Crippen LogP contribution in [0.5, 0.6) is 5.75 Å². The molecule has 1 fully saturated rings. The maximum Gasteiger partial charge on any atom is 0.573 e. The van der Waals surface area contributed by atoms with Gasteiger partial charge in [-0.25, -0.2) is 14.5 Å². The van der Waals surface area contributed by atoms with Gasteiger partial charge in [-0.2, -0.15) is 13.2 Å². The Balaban J connectivity index is 1.95. The number of urea groups is 2. The molecule has 7 nitrogen and oxygen atoms in total. The second-order valence-corrected chi connectivity index (χ2v) is 5.54. The molecule has 4 amide bonds. The Morgan fingerprint density at radius 2 is 1.59 bits per heavy atom. The summed E-state index contributed by atoms with van der Waals surface area (Å²) in [6.45, 7) is -0.173. The van der Waals surface area contributed by atoms with E-state index in [4.69, 9.17) is 0 Å². The zero-order chi connectivity index (χ0) is 20.4. The second kappa shape index (κ2) is 7.50. The lowest BCUT2D eigenvalue weighted by Gasteiger charge is -2.34. The Bertz CT molecular complexity index is 674. The van der Waals surface area contributed by atoms with Gasteiger partial charge in [0.2, 0.25) is 0 Å². The molecule has 27 heavy (non-hydrogen) atoms. The Labute approximate surface area is 148 Å². The molecule has 2 rings (SSSR count). The highest BCUT2D eigenvalue weighted by molar-refractivity contribution is 5.96. The lowest BCUT2D eigenvalue weighted by molar-refractivity contribution is -0.274. The average Bonchev–Trinajstić information content (AvgIpc) is 2.49. The van der Waals surface area contributed by atoms with Crippen LogP contribution in [0.4, 0.5) is 35.9 Å². The number of carbonyl (C=O) groups excluding carboxylic acids is 2. The maximum atomic E-state index is 12.4. The van der Waals surface area contributed by atoms with Crippen LogP contribution in [0.2, 0.25) is 0 Å². The number of nitrogens with zero attached hydrogens (tertiary/aromatic N) is 1. The van der Waals surface area contributed by atoms with Crippen LogP contribution >= 0.6 is 0 Å². The number of ether oxygens (including phenoxy) is 1. The Kier molecular flexibility index (Phi) is 5.73. The van der Waals surface area contributed by atoms with Crippen LogP contribution in [-0.4, -0.2) is 42.3 Å². The van der Waals surface area contributed by atoms with E-state index < -0.39 is 49.2 Å². The monoisotopic (exact) mass is 400 g/mol. The van der Waals surface area contributed by atoms with Crippen molar-refractivity contribution in [3.8, 4) is 5.75 Å². The summed E-state index contributed by atoms with van der Waals surface area (Å²) in [5.74, 6) is -0.430. The fourth-order valence-corrected chi connectivity index (χ4v) is 2.24. The van der Waals surface area contributed by atoms with Crippen molar-refractivity contribution in [2.24, 2.45) is 0 Å². The largest absolute Gasteiger partial charge is 0.573 e. The van der Waals surface area contributed by atoms with E-state index in [1.54, 1.807) is 6.92 Å². The number of hydrogen-bond donors (Lipinski definition) is 3. The predicted molar refractivity (Wildman–Crippen MR) is 78.3 cm³/mol. The molecule has 3 N–H and O–H groups in total. The molecule has 1 aromatic rings. The van der Waals surface area contributed by atoms with Crippen molar-refractivity contribution in [1.82, 2.24) is 20.9 Å². The van der Waals surface area contributed by atoms with E-state index in [9.17, 15) is 35.9 Å². The summed E-state index contributed by atoms with van der Waals surface area (Å²) in [5.41, 5.74) is 0.478. The first kappa shape index (κ1) is 20.6. The molecule has 0 aromatic heterocycles. The highest BCUT2D eigenvalue weighted by atomic mass is 19.4. The molecule has 0 radical (unpaired) electrons. The minimum Gasteiger partial charge on any atom is -0.406 e. The van der Waals surface area contributed by atoms with Crippen LogP contribution in [0.15, 0.2) is 24.3 Å². The molecular weight excluding hydrogens is 386 g/mol. The predicted octanol–water partition coefficient (Wildman–Crippen LogP) is 2.82. The highest BCUT2D eigenvalue weighted by Crippen LogP contribution is 2.24. The third-order valence-corrected chi connectivity index (χ3v) is 3.39. The van der Waals surface area contributed by atoms with E-state index in [0.717, 1.165) is 12.1 Å². The van der Waals surface area contributed by atoms with Crippen molar-refractivity contribution < 1.29 is 40.7 Å². The number of amides is 4. The quantitative estimate of drug-likeness (QED) is 0.664. The van der Waals surface area contributed by atoms with Crippen LogP contribution in [0, 0.1) is 0 Å². The van der Waals surface area contributed by atoms with Gasteiger partial charge in [0.15, 0.2) is 6.29 Å². The number of benzene rings is 1. The Morgan fingerprint density at radius 1 is 1.07 bits per heavy atom. The summed E-state index contributed by atoms with van der Waals surface area (Å²) < 4.78 is 77.2. The third-order valence-electron chi connectivity index (χ3n) is 3.39. The molecule has 1 saturated heterocycles. The standard InChI is InChI=1S/C14H14F6N4O3/c1-7(8-2-4-9(5-3-8)27-14(18,19)20)21-10-22-11(25)24(12(26)23-10)6-13(15,16)17/h2-5,7,10,21H,6H2,1H3,(H,22,25)(H,23,26)/t7-/m0/s1. The van der Waals surface area contributed by atoms with Gasteiger partial charge in [0.1, 0.15) is 12.3 Å². The van der Waals surface area contributed by atoms with Crippen LogP contribution in [0.25, 0.3) is 0 Å². The Morgan fingerprint density at radius 3 is 2.04 bits per heavy atom. The van der Waals surface area contributed by atoms with Gasteiger partial charge in [-0.3, -0.25) is 5.32 Å². The summed E-state index contributed by atoms with van der Waals surface area (Å²) >= 11 is 0. The van der Waals surface area contributed by atoms with Crippen LogP contribution < -0.4 is 20.7 Å². The molecule has 1 heterocycles. The molecule has 150 valence electrons. The fourth-order valence-electron chi connectivity index (χ4n) is 2.24. The first-order valence-electron chi connectivity index (χ1n) is 7.41. The first-order chi connectivity index (χ1) is 12.3. The SMILES string of the molecule is C[C@H](NC1NC(=O)N(CC(F)(F)F)C(=O)N1)c1ccc(OC(F)(F)F)cc1. The smallest absolute Gasteiger partial charge is 0.406 e. The van der Waals surface area contributed by atoms with E-state index in [1.165, 1.54) is 12.1 Å². The molecule has 13 heteroatoms. The van der Waals surface area contributed by atoms with Crippen LogP contribution in [0.1, 0.15) is 18.5 Å². The van der Waals surface area contributed by atoms with Gasteiger partial charge in [-0.1, -0.05) is 12.1 Å². The number of halogens is 6. The lowest BCUT2D eigenvalue weighted by Crippen LogP contribution is -2.68. The number of nitrogens with one attached hydrogen (secondary N) is 3. The fraction of sp³-hybridized carbons (Fsp3) is 0.429. The second-order valence-electron chi connectivity index (χ2n) is 5.54. The van der Waals surface area contributed by atoms with Crippen molar-refractivity contribution in [2.75, 3.05) is 6.54 Å². The van der Waals surface area contributed by atoms with Crippen LogP contribution in [0.3, 0.4) is 0 Å². The minimum atomic E-state index is -4.83. The zero-order valence-electron chi connectivity index (χ0n) is 13.6. The average molecular weight is 400 g/mol. The van der Waals surface area contributed by atoms with Crippen molar-refractivity contribution in [1.29, 1.82) is 0 Å². The summed E-state index contributed by atoms with van der Waals surface area (Å²) in [7, 11) is 0. The van der Waals surface area contributed by atoms with Gasteiger partial charge in [0, 0.05) is 6.04 Å². The van der Waals surface area contributed by atoms with Gasteiger partial charge in [0.05, 0.1) is 0 Å². The van der Waals surface area contributed by atoms with Gasteiger partial charge >= 0.3 is 24.6 Å². The van der Waals surface area contributed by atoms with Gasteiger partial charge in [0.25, 0.3) is 0 Å². The van der Waals surface area contributed by atoms with Gasteiger partial charge < -0.3 is 15.4 Å². The summed E-state index contributed by atoms with van der Waals surface area (Å²) in [4.78, 5) is 23.3. The molecule has 1 aliphatic rings. The topological polar surface area (TPSA) is 82.7 Å². The lowest BCUT2D eigenvalue weighted by atomic mass is 10.1. The molecule has 1 aromatic carbocycles. The summed E-state index contributed by atoms with van der Waals surface area (Å²) in [6.07, 6.45) is -10.7. The molecule has 0 unspecified atom stereocenters. The molecule has 0 saturated carbocycles. The number of carbonyl (C=O) groups is 2.